The zero-order valence-corrected chi connectivity index (χ0v) is 12.7. The summed E-state index contributed by atoms with van der Waals surface area (Å²) < 4.78 is 13.9. The van der Waals surface area contributed by atoms with E-state index in [4.69, 9.17) is 28.9 Å². The van der Waals surface area contributed by atoms with E-state index >= 15 is 0 Å². The van der Waals surface area contributed by atoms with E-state index in [0.717, 1.165) is 0 Å². The van der Waals surface area contributed by atoms with Crippen LogP contribution < -0.4 is 10.6 Å². The smallest absolute Gasteiger partial charge is 0.258 e. The molecule has 1 amide bonds. The Bertz CT molecular complexity index is 668. The second kappa shape index (κ2) is 6.33. The number of carbonyl (C=O) groups is 1. The molecule has 21 heavy (non-hydrogen) atoms. The molecule has 6 heteroatoms. The van der Waals surface area contributed by atoms with Crippen LogP contribution in [0.2, 0.25) is 10.0 Å². The van der Waals surface area contributed by atoms with Gasteiger partial charge in [0.1, 0.15) is 5.82 Å². The Hall–Kier alpha value is -1.78. The number of nitrogens with zero attached hydrogens (tertiary/aromatic N) is 1. The van der Waals surface area contributed by atoms with Crippen LogP contribution in [0.25, 0.3) is 0 Å². The summed E-state index contributed by atoms with van der Waals surface area (Å²) in [5.74, 6) is -0.869. The van der Waals surface area contributed by atoms with Gasteiger partial charge in [0, 0.05) is 12.1 Å². The molecule has 0 aromatic heterocycles. The Morgan fingerprint density at radius 1 is 1.24 bits per heavy atom. The maximum atomic E-state index is 13.9. The molecule has 0 heterocycles. The monoisotopic (exact) mass is 326 g/mol. The molecule has 110 valence electrons. The van der Waals surface area contributed by atoms with Gasteiger partial charge in [0.25, 0.3) is 5.91 Å². The van der Waals surface area contributed by atoms with Crippen LogP contribution in [0.1, 0.15) is 17.3 Å². The van der Waals surface area contributed by atoms with Gasteiger partial charge in [-0.05, 0) is 31.2 Å². The first-order valence-electron chi connectivity index (χ1n) is 6.26. The van der Waals surface area contributed by atoms with E-state index in [9.17, 15) is 9.18 Å². The summed E-state index contributed by atoms with van der Waals surface area (Å²) in [6.45, 7) is 2.06. The van der Waals surface area contributed by atoms with Crippen molar-refractivity contribution in [1.82, 2.24) is 0 Å². The van der Waals surface area contributed by atoms with Gasteiger partial charge in [0.15, 0.2) is 0 Å². The van der Waals surface area contributed by atoms with E-state index in [-0.39, 0.29) is 27.0 Å². The van der Waals surface area contributed by atoms with Crippen molar-refractivity contribution in [2.75, 3.05) is 17.2 Å². The van der Waals surface area contributed by atoms with E-state index in [1.165, 1.54) is 29.2 Å². The van der Waals surface area contributed by atoms with Crippen LogP contribution in [-0.2, 0) is 0 Å². The number of amides is 1. The first-order chi connectivity index (χ1) is 9.95. The number of hydrogen-bond acceptors (Lipinski definition) is 2. The zero-order valence-electron chi connectivity index (χ0n) is 11.2. The fourth-order valence-corrected chi connectivity index (χ4v) is 2.44. The van der Waals surface area contributed by atoms with Gasteiger partial charge in [0.05, 0.1) is 21.4 Å². The van der Waals surface area contributed by atoms with E-state index in [1.54, 1.807) is 19.1 Å². The Kier molecular flexibility index (Phi) is 4.70. The molecule has 0 fully saturated rings. The number of anilines is 2. The summed E-state index contributed by atoms with van der Waals surface area (Å²) in [7, 11) is 0. The Morgan fingerprint density at radius 3 is 2.33 bits per heavy atom. The van der Waals surface area contributed by atoms with E-state index in [2.05, 4.69) is 0 Å². The highest BCUT2D eigenvalue weighted by atomic mass is 35.5. The van der Waals surface area contributed by atoms with Gasteiger partial charge < -0.3 is 10.6 Å². The number of benzene rings is 2. The fraction of sp³-hybridized carbons (Fsp3) is 0.133. The third-order valence-corrected chi connectivity index (χ3v) is 3.66. The van der Waals surface area contributed by atoms with E-state index < -0.39 is 11.7 Å². The van der Waals surface area contributed by atoms with Crippen LogP contribution in [-0.4, -0.2) is 12.5 Å². The lowest BCUT2D eigenvalue weighted by molar-refractivity contribution is 0.0987. The van der Waals surface area contributed by atoms with Crippen molar-refractivity contribution in [3.63, 3.8) is 0 Å². The largest absolute Gasteiger partial charge is 0.396 e. The van der Waals surface area contributed by atoms with Crippen LogP contribution in [0.5, 0.6) is 0 Å². The molecule has 2 aromatic rings. The molecule has 0 spiro atoms. The van der Waals surface area contributed by atoms with Gasteiger partial charge in [-0.2, -0.15) is 0 Å². The lowest BCUT2D eigenvalue weighted by atomic mass is 10.1. The lowest BCUT2D eigenvalue weighted by Crippen LogP contribution is -2.31. The first kappa shape index (κ1) is 15.6. The van der Waals surface area contributed by atoms with Crippen molar-refractivity contribution < 1.29 is 9.18 Å². The third-order valence-electron chi connectivity index (χ3n) is 3.03. The van der Waals surface area contributed by atoms with Gasteiger partial charge in [-0.1, -0.05) is 35.3 Å². The third kappa shape index (κ3) is 3.12. The van der Waals surface area contributed by atoms with Crippen molar-refractivity contribution in [2.45, 2.75) is 6.92 Å². The number of hydrogen-bond donors (Lipinski definition) is 1. The topological polar surface area (TPSA) is 46.3 Å². The van der Waals surface area contributed by atoms with Crippen LogP contribution in [0.4, 0.5) is 15.8 Å². The molecule has 2 aromatic carbocycles. The standard InChI is InChI=1S/C15H13Cl2FN2O/c1-2-20(13-6-4-3-5-12(13)18)15(21)9-7-10(16)14(19)11(17)8-9/h3-8H,2,19H2,1H3. The molecule has 0 bridgehead atoms. The average molecular weight is 327 g/mol. The molecule has 0 radical (unpaired) electrons. The normalized spacial score (nSPS) is 10.5. The lowest BCUT2D eigenvalue weighted by Gasteiger charge is -2.22. The van der Waals surface area contributed by atoms with Crippen molar-refractivity contribution in [3.05, 3.63) is 57.8 Å². The van der Waals surface area contributed by atoms with Crippen LogP contribution in [0.15, 0.2) is 36.4 Å². The Balaban J connectivity index is 2.44. The van der Waals surface area contributed by atoms with Crippen LogP contribution >= 0.6 is 23.2 Å². The van der Waals surface area contributed by atoms with Crippen LogP contribution in [0.3, 0.4) is 0 Å². The van der Waals surface area contributed by atoms with Crippen molar-refractivity contribution in [2.24, 2.45) is 0 Å². The van der Waals surface area contributed by atoms with E-state index in [0.29, 0.717) is 6.54 Å². The molecule has 2 N–H and O–H groups in total. The molecule has 0 saturated carbocycles. The van der Waals surface area contributed by atoms with Crippen molar-refractivity contribution >= 4 is 40.5 Å². The minimum absolute atomic E-state index is 0.190. The molecule has 0 aliphatic heterocycles. The number of rotatable bonds is 3. The minimum Gasteiger partial charge on any atom is -0.396 e. The Labute approximate surface area is 132 Å². The van der Waals surface area contributed by atoms with Gasteiger partial charge in [-0.3, -0.25) is 4.79 Å². The summed E-state index contributed by atoms with van der Waals surface area (Å²) >= 11 is 11.9. The molecule has 2 rings (SSSR count). The number of para-hydroxylation sites is 1. The molecular formula is C15H13Cl2FN2O. The Morgan fingerprint density at radius 2 is 1.81 bits per heavy atom. The van der Waals surface area contributed by atoms with Gasteiger partial charge >= 0.3 is 0 Å². The quantitative estimate of drug-likeness (QED) is 0.850. The highest BCUT2D eigenvalue weighted by Crippen LogP contribution is 2.30. The molecule has 0 aliphatic rings. The number of carbonyl (C=O) groups excluding carboxylic acids is 1. The fourth-order valence-electron chi connectivity index (χ4n) is 1.96. The minimum atomic E-state index is -0.472. The number of halogens is 3. The zero-order chi connectivity index (χ0) is 15.6. The molecule has 0 atom stereocenters. The highest BCUT2D eigenvalue weighted by molar-refractivity contribution is 6.39. The molecule has 0 saturated heterocycles. The average Bonchev–Trinajstić information content (AvgIpc) is 2.46. The predicted molar refractivity (Wildman–Crippen MR) is 84.6 cm³/mol. The highest BCUT2D eigenvalue weighted by Gasteiger charge is 2.20. The summed E-state index contributed by atoms with van der Waals surface area (Å²) in [6, 6.07) is 8.92. The van der Waals surface area contributed by atoms with Crippen LogP contribution in [0, 0.1) is 5.82 Å². The second-order valence-electron chi connectivity index (χ2n) is 4.35. The second-order valence-corrected chi connectivity index (χ2v) is 5.17. The summed E-state index contributed by atoms with van der Waals surface area (Å²) in [6.07, 6.45) is 0. The van der Waals surface area contributed by atoms with Gasteiger partial charge in [0.2, 0.25) is 0 Å². The number of nitrogen functional groups attached to an aromatic ring is 1. The summed E-state index contributed by atoms with van der Waals surface area (Å²) in [5.41, 5.74) is 6.31. The predicted octanol–water partition coefficient (Wildman–Crippen LogP) is 4.38. The van der Waals surface area contributed by atoms with E-state index in [1.807, 2.05) is 0 Å². The summed E-state index contributed by atoms with van der Waals surface area (Å²) in [5, 5.41) is 0.380. The number of nitrogens with two attached hydrogens (primary N) is 1. The molecule has 3 nitrogen and oxygen atoms in total. The summed E-state index contributed by atoms with van der Waals surface area (Å²) in [4.78, 5) is 13.9. The van der Waals surface area contributed by atoms with Crippen molar-refractivity contribution in [3.8, 4) is 0 Å². The molecule has 0 unspecified atom stereocenters. The SMILES string of the molecule is CCN(C(=O)c1cc(Cl)c(N)c(Cl)c1)c1ccccc1F. The van der Waals surface area contributed by atoms with Gasteiger partial charge in [-0.15, -0.1) is 0 Å². The van der Waals surface area contributed by atoms with Crippen molar-refractivity contribution in [1.29, 1.82) is 0 Å². The molecular weight excluding hydrogens is 314 g/mol. The van der Waals surface area contributed by atoms with Gasteiger partial charge in [-0.25, -0.2) is 4.39 Å². The maximum Gasteiger partial charge on any atom is 0.258 e. The molecule has 0 aliphatic carbocycles. The first-order valence-corrected chi connectivity index (χ1v) is 7.02. The maximum absolute atomic E-state index is 13.9.